The van der Waals surface area contributed by atoms with Crippen molar-refractivity contribution < 1.29 is 9.47 Å². The first kappa shape index (κ1) is 22.2. The van der Waals surface area contributed by atoms with Crippen LogP contribution in [0.4, 0.5) is 0 Å². The molecule has 1 aliphatic rings. The Morgan fingerprint density at radius 2 is 2.00 bits per heavy atom. The number of nitrogens with zero attached hydrogens (tertiary/aromatic N) is 3. The molecule has 1 aromatic carbocycles. The Bertz CT molecular complexity index is 823. The second-order valence-corrected chi connectivity index (χ2v) is 8.82. The molecule has 7 heteroatoms. The number of aromatic nitrogens is 2. The fourth-order valence-corrected chi connectivity index (χ4v) is 3.97. The molecule has 2 N–H and O–H groups in total. The number of methoxy groups -OCH3 is 1. The largest absolute Gasteiger partial charge is 0.497 e. The van der Waals surface area contributed by atoms with Gasteiger partial charge in [-0.3, -0.25) is 4.99 Å². The van der Waals surface area contributed by atoms with E-state index in [1.165, 1.54) is 6.42 Å². The van der Waals surface area contributed by atoms with Crippen LogP contribution < -0.4 is 15.4 Å². The normalized spacial score (nSPS) is 20.1. The Morgan fingerprint density at radius 3 is 2.67 bits per heavy atom. The highest BCUT2D eigenvalue weighted by atomic mass is 16.5. The first-order valence-corrected chi connectivity index (χ1v) is 10.7. The molecule has 2 unspecified atom stereocenters. The summed E-state index contributed by atoms with van der Waals surface area (Å²) in [5.41, 5.74) is 2.08. The van der Waals surface area contributed by atoms with Gasteiger partial charge < -0.3 is 20.1 Å². The lowest BCUT2D eigenvalue weighted by atomic mass is 9.78. The van der Waals surface area contributed by atoms with Crippen LogP contribution in [0.15, 0.2) is 41.5 Å². The van der Waals surface area contributed by atoms with Gasteiger partial charge in [-0.05, 0) is 48.6 Å². The fourth-order valence-electron chi connectivity index (χ4n) is 3.97. The maximum absolute atomic E-state index is 6.09. The zero-order valence-electron chi connectivity index (χ0n) is 18.8. The fraction of sp³-hybridized carbons (Fsp3) is 0.565. The predicted octanol–water partition coefficient (Wildman–Crippen LogP) is 3.39. The topological polar surface area (TPSA) is 72.7 Å². The Labute approximate surface area is 179 Å². The maximum Gasteiger partial charge on any atom is 0.191 e. The molecule has 1 aromatic heterocycles. The summed E-state index contributed by atoms with van der Waals surface area (Å²) >= 11 is 0. The number of benzene rings is 1. The summed E-state index contributed by atoms with van der Waals surface area (Å²) in [7, 11) is 3.46. The van der Waals surface area contributed by atoms with Crippen LogP contribution in [0.25, 0.3) is 5.69 Å². The molecule has 164 valence electrons. The third kappa shape index (κ3) is 5.75. The lowest BCUT2D eigenvalue weighted by Gasteiger charge is -2.40. The van der Waals surface area contributed by atoms with Crippen molar-refractivity contribution in [1.29, 1.82) is 0 Å². The van der Waals surface area contributed by atoms with Crippen molar-refractivity contribution in [3.8, 4) is 11.4 Å². The lowest BCUT2D eigenvalue weighted by molar-refractivity contribution is -0.0835. The highest BCUT2D eigenvalue weighted by Crippen LogP contribution is 2.33. The molecule has 0 radical (unpaired) electrons. The molecular weight excluding hydrogens is 378 g/mol. The molecule has 7 nitrogen and oxygen atoms in total. The zero-order valence-corrected chi connectivity index (χ0v) is 18.8. The standard InChI is InChI=1S/C23H35N5O2/c1-23(2,3)21-17(7-6-14-30-21)15-25-22(24-4)26-16-18-12-13-28(27-18)19-8-10-20(29-5)11-9-19/h8-13,17,21H,6-7,14-16H2,1-5H3,(H2,24,25,26). The molecule has 0 amide bonds. The van der Waals surface area contributed by atoms with E-state index in [0.29, 0.717) is 12.5 Å². The molecule has 2 heterocycles. The van der Waals surface area contributed by atoms with Crippen LogP contribution in [0, 0.1) is 11.3 Å². The smallest absolute Gasteiger partial charge is 0.191 e. The van der Waals surface area contributed by atoms with Crippen LogP contribution >= 0.6 is 0 Å². The second-order valence-electron chi connectivity index (χ2n) is 8.82. The molecule has 3 rings (SSSR count). The summed E-state index contributed by atoms with van der Waals surface area (Å²) in [5, 5.41) is 11.5. The molecular formula is C23H35N5O2. The summed E-state index contributed by atoms with van der Waals surface area (Å²) in [5.74, 6) is 2.10. The Balaban J connectivity index is 1.52. The molecule has 2 atom stereocenters. The van der Waals surface area contributed by atoms with Gasteiger partial charge in [0.25, 0.3) is 0 Å². The number of hydrogen-bond acceptors (Lipinski definition) is 4. The average molecular weight is 414 g/mol. The Morgan fingerprint density at radius 1 is 1.23 bits per heavy atom. The summed E-state index contributed by atoms with van der Waals surface area (Å²) in [6.45, 7) is 9.07. The van der Waals surface area contributed by atoms with Gasteiger partial charge in [0.05, 0.1) is 31.1 Å². The number of aliphatic imine (C=N–C) groups is 1. The van der Waals surface area contributed by atoms with E-state index in [2.05, 4.69) is 41.5 Å². The minimum Gasteiger partial charge on any atom is -0.497 e. The van der Waals surface area contributed by atoms with Gasteiger partial charge >= 0.3 is 0 Å². The van der Waals surface area contributed by atoms with Crippen molar-refractivity contribution in [2.45, 2.75) is 46.3 Å². The van der Waals surface area contributed by atoms with Crippen LogP contribution in [-0.4, -0.2) is 49.2 Å². The van der Waals surface area contributed by atoms with Crippen LogP contribution in [-0.2, 0) is 11.3 Å². The van der Waals surface area contributed by atoms with E-state index in [-0.39, 0.29) is 11.5 Å². The lowest BCUT2D eigenvalue weighted by Crippen LogP contribution is -2.47. The molecule has 2 aromatic rings. The molecule has 1 saturated heterocycles. The molecule has 0 saturated carbocycles. The van der Waals surface area contributed by atoms with Crippen molar-refractivity contribution in [1.82, 2.24) is 20.4 Å². The van der Waals surface area contributed by atoms with Gasteiger partial charge in [-0.25, -0.2) is 4.68 Å². The SMILES string of the molecule is CN=C(NCc1ccn(-c2ccc(OC)cc2)n1)NCC1CCCOC1C(C)(C)C. The van der Waals surface area contributed by atoms with E-state index >= 15 is 0 Å². The predicted molar refractivity (Wildman–Crippen MR) is 120 cm³/mol. The summed E-state index contributed by atoms with van der Waals surface area (Å²) < 4.78 is 13.2. The van der Waals surface area contributed by atoms with E-state index in [4.69, 9.17) is 9.47 Å². The number of nitrogens with one attached hydrogen (secondary N) is 2. The average Bonchev–Trinajstić information content (AvgIpc) is 3.22. The van der Waals surface area contributed by atoms with Crippen LogP contribution in [0.1, 0.15) is 39.3 Å². The molecule has 1 fully saturated rings. The molecule has 0 aliphatic carbocycles. The summed E-state index contributed by atoms with van der Waals surface area (Å²) in [4.78, 5) is 4.36. The van der Waals surface area contributed by atoms with Gasteiger partial charge in [-0.15, -0.1) is 0 Å². The third-order valence-corrected chi connectivity index (χ3v) is 5.47. The highest BCUT2D eigenvalue weighted by molar-refractivity contribution is 5.79. The van der Waals surface area contributed by atoms with E-state index < -0.39 is 0 Å². The number of rotatable bonds is 6. The first-order chi connectivity index (χ1) is 14.4. The first-order valence-electron chi connectivity index (χ1n) is 10.7. The van der Waals surface area contributed by atoms with Crippen molar-refractivity contribution in [2.24, 2.45) is 16.3 Å². The van der Waals surface area contributed by atoms with Gasteiger partial charge in [0.1, 0.15) is 5.75 Å². The van der Waals surface area contributed by atoms with Gasteiger partial charge in [-0.1, -0.05) is 20.8 Å². The maximum atomic E-state index is 6.09. The highest BCUT2D eigenvalue weighted by Gasteiger charge is 2.35. The van der Waals surface area contributed by atoms with Crippen molar-refractivity contribution in [3.63, 3.8) is 0 Å². The molecule has 0 bridgehead atoms. The van der Waals surface area contributed by atoms with Crippen molar-refractivity contribution in [3.05, 3.63) is 42.2 Å². The quantitative estimate of drug-likeness (QED) is 0.561. The van der Waals surface area contributed by atoms with E-state index in [9.17, 15) is 0 Å². The van der Waals surface area contributed by atoms with E-state index in [1.807, 2.05) is 41.2 Å². The Hall–Kier alpha value is -2.54. The van der Waals surface area contributed by atoms with E-state index in [1.54, 1.807) is 14.2 Å². The van der Waals surface area contributed by atoms with Crippen LogP contribution in [0.2, 0.25) is 0 Å². The van der Waals surface area contributed by atoms with Crippen molar-refractivity contribution >= 4 is 5.96 Å². The monoisotopic (exact) mass is 413 g/mol. The second kappa shape index (κ2) is 9.98. The van der Waals surface area contributed by atoms with Gasteiger partial charge in [-0.2, -0.15) is 5.10 Å². The Kier molecular flexibility index (Phi) is 7.37. The summed E-state index contributed by atoms with van der Waals surface area (Å²) in [6.07, 6.45) is 4.52. The molecule has 0 spiro atoms. The minimum absolute atomic E-state index is 0.137. The van der Waals surface area contributed by atoms with Crippen LogP contribution in [0.5, 0.6) is 5.75 Å². The molecule has 30 heavy (non-hydrogen) atoms. The van der Waals surface area contributed by atoms with Gasteiger partial charge in [0.2, 0.25) is 0 Å². The zero-order chi connectivity index (χ0) is 21.6. The summed E-state index contributed by atoms with van der Waals surface area (Å²) in [6, 6.07) is 9.85. The van der Waals surface area contributed by atoms with E-state index in [0.717, 1.165) is 42.7 Å². The number of guanidine groups is 1. The van der Waals surface area contributed by atoms with Crippen molar-refractivity contribution in [2.75, 3.05) is 27.3 Å². The van der Waals surface area contributed by atoms with Gasteiger partial charge in [0.15, 0.2) is 5.96 Å². The van der Waals surface area contributed by atoms with Gasteiger partial charge in [0, 0.05) is 32.3 Å². The van der Waals surface area contributed by atoms with Crippen LogP contribution in [0.3, 0.4) is 0 Å². The number of ether oxygens (including phenoxy) is 2. The molecule has 1 aliphatic heterocycles. The minimum atomic E-state index is 0.137. The number of hydrogen-bond donors (Lipinski definition) is 2. The third-order valence-electron chi connectivity index (χ3n) is 5.47.